The molecule has 2 aromatic rings. The predicted molar refractivity (Wildman–Crippen MR) is 107 cm³/mol. The Bertz CT molecular complexity index is 861. The zero-order valence-corrected chi connectivity index (χ0v) is 16.3. The lowest BCUT2D eigenvalue weighted by molar-refractivity contribution is -0.119. The normalized spacial score (nSPS) is 13.7. The van der Waals surface area contributed by atoms with E-state index in [9.17, 15) is 14.4 Å². The van der Waals surface area contributed by atoms with Gasteiger partial charge in [-0.1, -0.05) is 18.2 Å². The molecular weight excluding hydrogens is 372 g/mol. The predicted octanol–water partition coefficient (Wildman–Crippen LogP) is 0.977. The van der Waals surface area contributed by atoms with Gasteiger partial charge in [-0.2, -0.15) is 0 Å². The molecule has 1 aromatic carbocycles. The number of pyridine rings is 1. The van der Waals surface area contributed by atoms with E-state index in [4.69, 9.17) is 4.74 Å². The van der Waals surface area contributed by atoms with Crippen LogP contribution in [-0.2, 0) is 11.2 Å². The summed E-state index contributed by atoms with van der Waals surface area (Å²) in [4.78, 5) is 43.3. The fraction of sp³-hybridized carbons (Fsp3) is 0.333. The molecular formula is C21H24N4O4. The van der Waals surface area contributed by atoms with Crippen molar-refractivity contribution in [3.63, 3.8) is 0 Å². The van der Waals surface area contributed by atoms with Gasteiger partial charge < -0.3 is 19.9 Å². The third-order valence-electron chi connectivity index (χ3n) is 4.81. The lowest BCUT2D eigenvalue weighted by Crippen LogP contribution is -2.48. The number of hydrogen-bond acceptors (Lipinski definition) is 5. The number of nitrogens with zero attached hydrogens (tertiary/aromatic N) is 3. The van der Waals surface area contributed by atoms with Gasteiger partial charge >= 0.3 is 0 Å². The SMILES string of the molecule is COc1ccc(CCNC(=O)c2cccc(C(=O)N3CCN(C=O)CC3)n2)cc1. The first-order valence-electron chi connectivity index (χ1n) is 9.47. The van der Waals surface area contributed by atoms with Gasteiger partial charge in [-0.3, -0.25) is 14.4 Å². The molecule has 29 heavy (non-hydrogen) atoms. The van der Waals surface area contributed by atoms with Crippen molar-refractivity contribution in [2.24, 2.45) is 0 Å². The van der Waals surface area contributed by atoms with Gasteiger partial charge in [0.2, 0.25) is 6.41 Å². The van der Waals surface area contributed by atoms with Gasteiger partial charge in [-0.15, -0.1) is 0 Å². The van der Waals surface area contributed by atoms with E-state index in [1.54, 1.807) is 35.1 Å². The molecule has 8 heteroatoms. The van der Waals surface area contributed by atoms with Crippen molar-refractivity contribution in [3.8, 4) is 5.75 Å². The highest BCUT2D eigenvalue weighted by atomic mass is 16.5. The van der Waals surface area contributed by atoms with Gasteiger partial charge in [0, 0.05) is 32.7 Å². The van der Waals surface area contributed by atoms with E-state index in [0.717, 1.165) is 17.7 Å². The number of carbonyl (C=O) groups is 3. The Morgan fingerprint density at radius 3 is 2.41 bits per heavy atom. The van der Waals surface area contributed by atoms with Crippen LogP contribution in [0.3, 0.4) is 0 Å². The van der Waals surface area contributed by atoms with Crippen LogP contribution in [0.4, 0.5) is 0 Å². The molecule has 0 saturated carbocycles. The van der Waals surface area contributed by atoms with E-state index in [2.05, 4.69) is 10.3 Å². The Balaban J connectivity index is 1.54. The Morgan fingerprint density at radius 2 is 1.76 bits per heavy atom. The van der Waals surface area contributed by atoms with Crippen molar-refractivity contribution in [2.45, 2.75) is 6.42 Å². The van der Waals surface area contributed by atoms with Crippen molar-refractivity contribution >= 4 is 18.2 Å². The van der Waals surface area contributed by atoms with Crippen LogP contribution in [0.1, 0.15) is 26.5 Å². The second kappa shape index (κ2) is 9.68. The molecule has 3 amide bonds. The molecule has 3 rings (SSSR count). The Hall–Kier alpha value is -3.42. The average Bonchev–Trinajstić information content (AvgIpc) is 2.79. The third kappa shape index (κ3) is 5.31. The highest BCUT2D eigenvalue weighted by Gasteiger charge is 2.22. The Labute approximate surface area is 169 Å². The highest BCUT2D eigenvalue weighted by Crippen LogP contribution is 2.11. The summed E-state index contributed by atoms with van der Waals surface area (Å²) < 4.78 is 5.13. The molecule has 1 aromatic heterocycles. The molecule has 0 unspecified atom stereocenters. The van der Waals surface area contributed by atoms with Crippen molar-refractivity contribution in [2.75, 3.05) is 39.8 Å². The van der Waals surface area contributed by atoms with Crippen LogP contribution < -0.4 is 10.1 Å². The molecule has 0 bridgehead atoms. The second-order valence-electron chi connectivity index (χ2n) is 6.70. The fourth-order valence-corrected chi connectivity index (χ4v) is 3.08. The summed E-state index contributed by atoms with van der Waals surface area (Å²) in [7, 11) is 1.62. The summed E-state index contributed by atoms with van der Waals surface area (Å²) >= 11 is 0. The maximum atomic E-state index is 12.6. The van der Waals surface area contributed by atoms with E-state index in [-0.39, 0.29) is 23.2 Å². The number of benzene rings is 1. The van der Waals surface area contributed by atoms with Gasteiger partial charge in [0.15, 0.2) is 0 Å². The molecule has 1 saturated heterocycles. The first-order valence-corrected chi connectivity index (χ1v) is 9.47. The number of carbonyl (C=O) groups excluding carboxylic acids is 3. The topological polar surface area (TPSA) is 91.8 Å². The van der Waals surface area contributed by atoms with Crippen molar-refractivity contribution < 1.29 is 19.1 Å². The first-order chi connectivity index (χ1) is 14.1. The first kappa shape index (κ1) is 20.3. The number of amides is 3. The van der Waals surface area contributed by atoms with Gasteiger partial charge in [-0.05, 0) is 36.2 Å². The summed E-state index contributed by atoms with van der Waals surface area (Å²) in [6.45, 7) is 2.37. The van der Waals surface area contributed by atoms with Gasteiger partial charge in [0.05, 0.1) is 7.11 Å². The number of methoxy groups -OCH3 is 1. The van der Waals surface area contributed by atoms with Crippen LogP contribution in [0.5, 0.6) is 5.75 Å². The molecule has 8 nitrogen and oxygen atoms in total. The maximum absolute atomic E-state index is 12.6. The molecule has 0 spiro atoms. The van der Waals surface area contributed by atoms with Gasteiger partial charge in [-0.25, -0.2) is 4.98 Å². The molecule has 1 aliphatic heterocycles. The van der Waals surface area contributed by atoms with Crippen molar-refractivity contribution in [3.05, 3.63) is 59.4 Å². The lowest BCUT2D eigenvalue weighted by atomic mass is 10.1. The largest absolute Gasteiger partial charge is 0.497 e. The standard InChI is InChI=1S/C21H24N4O4/c1-29-17-7-5-16(6-8-17)9-10-22-20(27)18-3-2-4-19(23-18)21(28)25-13-11-24(15-26)12-14-25/h2-8,15H,9-14H2,1H3,(H,22,27). The van der Waals surface area contributed by atoms with Crippen molar-refractivity contribution in [1.82, 2.24) is 20.1 Å². The smallest absolute Gasteiger partial charge is 0.272 e. The van der Waals surface area contributed by atoms with Crippen LogP contribution in [0, 0.1) is 0 Å². The van der Waals surface area contributed by atoms with Gasteiger partial charge in [0.1, 0.15) is 17.1 Å². The number of rotatable bonds is 7. The van der Waals surface area contributed by atoms with Crippen LogP contribution in [0.2, 0.25) is 0 Å². The van der Waals surface area contributed by atoms with Crippen LogP contribution in [0.15, 0.2) is 42.5 Å². The molecule has 1 N–H and O–H groups in total. The molecule has 1 fully saturated rings. The minimum Gasteiger partial charge on any atom is -0.497 e. The summed E-state index contributed by atoms with van der Waals surface area (Å²) in [6, 6.07) is 12.5. The van der Waals surface area contributed by atoms with E-state index in [1.807, 2.05) is 24.3 Å². The second-order valence-corrected chi connectivity index (χ2v) is 6.70. The van der Waals surface area contributed by atoms with E-state index in [1.165, 1.54) is 0 Å². The average molecular weight is 396 g/mol. The number of hydrogen-bond donors (Lipinski definition) is 1. The number of nitrogens with one attached hydrogen (secondary N) is 1. The molecule has 0 atom stereocenters. The molecule has 1 aliphatic rings. The van der Waals surface area contributed by atoms with Crippen LogP contribution in [0.25, 0.3) is 0 Å². The minimum absolute atomic E-state index is 0.206. The fourth-order valence-electron chi connectivity index (χ4n) is 3.08. The number of piperazine rings is 1. The molecule has 0 aliphatic carbocycles. The van der Waals surface area contributed by atoms with E-state index in [0.29, 0.717) is 39.1 Å². The molecule has 0 radical (unpaired) electrons. The van der Waals surface area contributed by atoms with Crippen LogP contribution in [-0.4, -0.2) is 72.8 Å². The Morgan fingerprint density at radius 1 is 1.07 bits per heavy atom. The zero-order chi connectivity index (χ0) is 20.6. The number of aromatic nitrogens is 1. The minimum atomic E-state index is -0.320. The monoisotopic (exact) mass is 396 g/mol. The maximum Gasteiger partial charge on any atom is 0.272 e. The van der Waals surface area contributed by atoms with Crippen LogP contribution >= 0.6 is 0 Å². The lowest BCUT2D eigenvalue weighted by Gasteiger charge is -2.32. The van der Waals surface area contributed by atoms with E-state index < -0.39 is 0 Å². The summed E-state index contributed by atoms with van der Waals surface area (Å²) in [5.41, 5.74) is 1.52. The quantitative estimate of drug-likeness (QED) is 0.705. The third-order valence-corrected chi connectivity index (χ3v) is 4.81. The molecule has 2 heterocycles. The number of ether oxygens (including phenoxy) is 1. The summed E-state index contributed by atoms with van der Waals surface area (Å²) in [5, 5.41) is 2.83. The van der Waals surface area contributed by atoms with Gasteiger partial charge in [0.25, 0.3) is 11.8 Å². The summed E-state index contributed by atoms with van der Waals surface area (Å²) in [5.74, 6) is 0.235. The van der Waals surface area contributed by atoms with E-state index >= 15 is 0 Å². The van der Waals surface area contributed by atoms with Crippen molar-refractivity contribution in [1.29, 1.82) is 0 Å². The molecule has 152 valence electrons. The Kier molecular flexibility index (Phi) is 6.78. The highest BCUT2D eigenvalue weighted by molar-refractivity contribution is 5.96. The zero-order valence-electron chi connectivity index (χ0n) is 16.3. The summed E-state index contributed by atoms with van der Waals surface area (Å²) in [6.07, 6.45) is 1.46.